The maximum Gasteiger partial charge on any atom is 0.305 e. The maximum atomic E-state index is 9.44. The minimum absolute atomic E-state index is 0.153. The number of aryl methyl sites for hydroxylation is 1. The summed E-state index contributed by atoms with van der Waals surface area (Å²) in [5, 5.41) is 15.6. The van der Waals surface area contributed by atoms with Gasteiger partial charge in [0.1, 0.15) is 0 Å². The van der Waals surface area contributed by atoms with Crippen molar-refractivity contribution in [2.24, 2.45) is 0 Å². The highest BCUT2D eigenvalue weighted by Gasteiger charge is 1.88. The zero-order valence-electron chi connectivity index (χ0n) is 7.60. The Kier molecular flexibility index (Phi) is 6.55. The smallest absolute Gasteiger partial charge is 0.305 e. The lowest BCUT2D eigenvalue weighted by Gasteiger charge is -1.82. The first-order chi connectivity index (χ1) is 6.16. The molecule has 0 saturated carbocycles. The number of benzene rings is 1. The minimum Gasteiger partial charge on any atom is -0.481 e. The fourth-order valence-corrected chi connectivity index (χ4v) is 0.630. The van der Waals surface area contributed by atoms with E-state index in [0.717, 1.165) is 0 Å². The van der Waals surface area contributed by atoms with Gasteiger partial charge in [0.15, 0.2) is 0 Å². The molecule has 0 saturated heterocycles. The molecule has 0 amide bonds. The number of hydrogen-bond donors (Lipinski definition) is 2. The molecule has 13 heavy (non-hydrogen) atoms. The number of hydrogen-bond acceptors (Lipinski definition) is 2. The van der Waals surface area contributed by atoms with E-state index >= 15 is 0 Å². The first-order valence-corrected chi connectivity index (χ1v) is 4.01. The molecule has 3 heteroatoms. The Morgan fingerprint density at radius 3 is 2.00 bits per heavy atom. The van der Waals surface area contributed by atoms with Crippen LogP contribution in [0.4, 0.5) is 0 Å². The van der Waals surface area contributed by atoms with Crippen molar-refractivity contribution in [3.8, 4) is 0 Å². The van der Waals surface area contributed by atoms with E-state index < -0.39 is 5.97 Å². The summed E-state index contributed by atoms with van der Waals surface area (Å²) in [6, 6.07) is 10.3. The summed E-state index contributed by atoms with van der Waals surface area (Å²) < 4.78 is 0. The van der Waals surface area contributed by atoms with Crippen LogP contribution in [-0.2, 0) is 4.79 Å². The van der Waals surface area contributed by atoms with Gasteiger partial charge in [-0.2, -0.15) is 0 Å². The minimum atomic E-state index is -0.961. The predicted octanol–water partition coefficient (Wildman–Crippen LogP) is 1.45. The SMILES string of the molecule is Cc1ccccc1.O=C(O)CCO. The van der Waals surface area contributed by atoms with Crippen LogP contribution in [0.5, 0.6) is 0 Å². The fourth-order valence-electron chi connectivity index (χ4n) is 0.630. The molecule has 0 aromatic heterocycles. The molecule has 0 unspecified atom stereocenters. The largest absolute Gasteiger partial charge is 0.481 e. The van der Waals surface area contributed by atoms with Crippen molar-refractivity contribution >= 4 is 5.97 Å². The highest BCUT2D eigenvalue weighted by molar-refractivity contribution is 5.66. The average Bonchev–Trinajstić information content (AvgIpc) is 2.06. The van der Waals surface area contributed by atoms with Gasteiger partial charge < -0.3 is 10.2 Å². The third-order valence-corrected chi connectivity index (χ3v) is 1.27. The van der Waals surface area contributed by atoms with Crippen LogP contribution in [0, 0.1) is 6.92 Å². The normalized spacial score (nSPS) is 8.46. The van der Waals surface area contributed by atoms with E-state index in [0.29, 0.717) is 0 Å². The summed E-state index contributed by atoms with van der Waals surface area (Å²) in [4.78, 5) is 9.44. The summed E-state index contributed by atoms with van der Waals surface area (Å²) in [5.41, 5.74) is 1.32. The zero-order valence-corrected chi connectivity index (χ0v) is 7.60. The highest BCUT2D eigenvalue weighted by Crippen LogP contribution is 1.92. The Morgan fingerprint density at radius 1 is 1.31 bits per heavy atom. The van der Waals surface area contributed by atoms with Crippen LogP contribution < -0.4 is 0 Å². The molecule has 0 aliphatic heterocycles. The number of carbonyl (C=O) groups is 1. The molecule has 1 aromatic rings. The average molecular weight is 182 g/mol. The number of carboxylic acids is 1. The van der Waals surface area contributed by atoms with Crippen molar-refractivity contribution in [1.82, 2.24) is 0 Å². The van der Waals surface area contributed by atoms with Crippen molar-refractivity contribution in [2.75, 3.05) is 6.61 Å². The van der Waals surface area contributed by atoms with Crippen molar-refractivity contribution in [1.29, 1.82) is 0 Å². The molecule has 0 radical (unpaired) electrons. The standard InChI is InChI=1S/C7H8.C3H6O3/c1-7-5-3-2-4-6-7;4-2-1-3(5)6/h2-6H,1H3;4H,1-2H2,(H,5,6). The van der Waals surface area contributed by atoms with Crippen molar-refractivity contribution in [3.63, 3.8) is 0 Å². The Labute approximate surface area is 77.6 Å². The van der Waals surface area contributed by atoms with Gasteiger partial charge in [-0.3, -0.25) is 4.79 Å². The van der Waals surface area contributed by atoms with Crippen molar-refractivity contribution in [3.05, 3.63) is 35.9 Å². The monoisotopic (exact) mass is 182 g/mol. The van der Waals surface area contributed by atoms with Crippen LogP contribution in [0.1, 0.15) is 12.0 Å². The lowest BCUT2D eigenvalue weighted by Crippen LogP contribution is -1.96. The summed E-state index contributed by atoms with van der Waals surface area (Å²) in [7, 11) is 0. The fraction of sp³-hybridized carbons (Fsp3) is 0.300. The second kappa shape index (κ2) is 7.31. The molecular formula is C10H14O3. The first-order valence-electron chi connectivity index (χ1n) is 4.01. The van der Waals surface area contributed by atoms with E-state index in [-0.39, 0.29) is 13.0 Å². The Hall–Kier alpha value is -1.35. The molecule has 72 valence electrons. The Balaban J connectivity index is 0.000000226. The summed E-state index contributed by atoms with van der Waals surface area (Å²) in [5.74, 6) is -0.961. The van der Waals surface area contributed by atoms with E-state index in [9.17, 15) is 4.79 Å². The quantitative estimate of drug-likeness (QED) is 0.727. The predicted molar refractivity (Wildman–Crippen MR) is 50.5 cm³/mol. The lowest BCUT2D eigenvalue weighted by atomic mass is 10.2. The maximum absolute atomic E-state index is 9.44. The highest BCUT2D eigenvalue weighted by atomic mass is 16.4. The number of aliphatic hydroxyl groups excluding tert-OH is 1. The third kappa shape index (κ3) is 8.56. The lowest BCUT2D eigenvalue weighted by molar-refractivity contribution is -0.137. The van der Waals surface area contributed by atoms with Crippen LogP contribution in [0.15, 0.2) is 30.3 Å². The van der Waals surface area contributed by atoms with Crippen LogP contribution in [-0.4, -0.2) is 22.8 Å². The van der Waals surface area contributed by atoms with E-state index in [1.54, 1.807) is 0 Å². The van der Waals surface area contributed by atoms with Gasteiger partial charge >= 0.3 is 5.97 Å². The summed E-state index contributed by atoms with van der Waals surface area (Å²) >= 11 is 0. The molecule has 0 spiro atoms. The van der Waals surface area contributed by atoms with E-state index in [1.165, 1.54) is 5.56 Å². The number of rotatable bonds is 2. The second-order valence-corrected chi connectivity index (χ2v) is 2.52. The van der Waals surface area contributed by atoms with Gasteiger partial charge in [0, 0.05) is 0 Å². The third-order valence-electron chi connectivity index (χ3n) is 1.27. The molecule has 0 fully saturated rings. The molecular weight excluding hydrogens is 168 g/mol. The van der Waals surface area contributed by atoms with Gasteiger partial charge in [-0.15, -0.1) is 0 Å². The second-order valence-electron chi connectivity index (χ2n) is 2.52. The van der Waals surface area contributed by atoms with Gasteiger partial charge in [0.05, 0.1) is 13.0 Å². The number of aliphatic hydroxyl groups is 1. The van der Waals surface area contributed by atoms with Crippen LogP contribution in [0.2, 0.25) is 0 Å². The van der Waals surface area contributed by atoms with Gasteiger partial charge in [-0.05, 0) is 6.92 Å². The summed E-state index contributed by atoms with van der Waals surface area (Å²) in [6.45, 7) is 1.81. The van der Waals surface area contributed by atoms with Gasteiger partial charge in [0.25, 0.3) is 0 Å². The van der Waals surface area contributed by atoms with Crippen molar-refractivity contribution < 1.29 is 15.0 Å². The molecule has 0 aliphatic rings. The van der Waals surface area contributed by atoms with Crippen LogP contribution in [0.25, 0.3) is 0 Å². The summed E-state index contributed by atoms with van der Waals surface area (Å²) in [6.07, 6.45) is -0.153. The molecule has 1 rings (SSSR count). The number of aliphatic carboxylic acids is 1. The van der Waals surface area contributed by atoms with E-state index in [4.69, 9.17) is 10.2 Å². The van der Waals surface area contributed by atoms with Gasteiger partial charge in [-0.1, -0.05) is 35.9 Å². The van der Waals surface area contributed by atoms with Crippen LogP contribution >= 0.6 is 0 Å². The van der Waals surface area contributed by atoms with E-state index in [1.807, 2.05) is 18.2 Å². The Morgan fingerprint density at radius 2 is 1.85 bits per heavy atom. The van der Waals surface area contributed by atoms with E-state index in [2.05, 4.69) is 19.1 Å². The molecule has 0 atom stereocenters. The molecule has 1 aromatic carbocycles. The van der Waals surface area contributed by atoms with Gasteiger partial charge in [-0.25, -0.2) is 0 Å². The molecule has 0 heterocycles. The Bertz CT molecular complexity index is 231. The molecule has 0 bridgehead atoms. The first kappa shape index (κ1) is 11.6. The van der Waals surface area contributed by atoms with Crippen molar-refractivity contribution in [2.45, 2.75) is 13.3 Å². The zero-order chi connectivity index (χ0) is 10.1. The van der Waals surface area contributed by atoms with Crippen LogP contribution in [0.3, 0.4) is 0 Å². The molecule has 3 nitrogen and oxygen atoms in total. The van der Waals surface area contributed by atoms with Gasteiger partial charge in [0.2, 0.25) is 0 Å². The molecule has 0 aliphatic carbocycles. The number of carboxylic acid groups (broad SMARTS) is 1. The molecule has 2 N–H and O–H groups in total. The topological polar surface area (TPSA) is 57.5 Å².